The molecule has 0 unspecified atom stereocenters. The lowest BCUT2D eigenvalue weighted by molar-refractivity contribution is -0.165. The summed E-state index contributed by atoms with van der Waals surface area (Å²) in [6, 6.07) is 43.6. The maximum absolute atomic E-state index is 14.7. The van der Waals surface area contributed by atoms with Crippen molar-refractivity contribution in [2.45, 2.75) is 69.2 Å². The topological polar surface area (TPSA) is 219 Å². The zero-order chi connectivity index (χ0) is 52.0. The number of fused-ring (bicyclic) bond motifs is 1. The summed E-state index contributed by atoms with van der Waals surface area (Å²) in [6.45, 7) is 2.98. The summed E-state index contributed by atoms with van der Waals surface area (Å²) in [6.07, 6.45) is -5.88. The molecular weight excluding hydrogens is 1040 g/mol. The van der Waals surface area contributed by atoms with E-state index in [1.54, 1.807) is 67.8 Å². The molecule has 2 aliphatic rings. The molecule has 0 radical (unpaired) electrons. The summed E-state index contributed by atoms with van der Waals surface area (Å²) in [5.41, 5.74) is 1.42. The van der Waals surface area contributed by atoms with Crippen molar-refractivity contribution in [2.24, 2.45) is 0 Å². The summed E-state index contributed by atoms with van der Waals surface area (Å²) in [5.74, 6) is -1.44. The summed E-state index contributed by atoms with van der Waals surface area (Å²) in [5, 5.41) is 5.89. The van der Waals surface area contributed by atoms with Crippen LogP contribution in [0, 0.1) is 0 Å². The van der Waals surface area contributed by atoms with Crippen LogP contribution in [0.4, 0.5) is 11.4 Å². The first kappa shape index (κ1) is 51.7. The molecule has 5 aromatic carbocycles. The van der Waals surface area contributed by atoms with Crippen molar-refractivity contribution in [3.05, 3.63) is 184 Å². The number of ether oxygens (including phenoxy) is 7. The van der Waals surface area contributed by atoms with Gasteiger partial charge in [-0.1, -0.05) is 109 Å². The highest BCUT2D eigenvalue weighted by Crippen LogP contribution is 2.49. The second-order valence-corrected chi connectivity index (χ2v) is 19.9. The number of imidazole rings is 1. The van der Waals surface area contributed by atoms with Crippen molar-refractivity contribution < 1.29 is 56.6 Å². The number of hydrogen-bond acceptors (Lipinski definition) is 15. The van der Waals surface area contributed by atoms with Crippen molar-refractivity contribution >= 4 is 64.0 Å². The molecule has 2 aliphatic heterocycles. The van der Waals surface area contributed by atoms with Gasteiger partial charge in [-0.25, -0.2) is 14.5 Å². The van der Waals surface area contributed by atoms with E-state index in [1.807, 2.05) is 84.9 Å². The Hall–Kier alpha value is -7.19. The average molecular weight is 1090 g/mol. The fraction of sp³-hybridized carbons (Fsp3) is 0.283. The number of para-hydroxylation sites is 2. The van der Waals surface area contributed by atoms with Gasteiger partial charge in [0.1, 0.15) is 35.9 Å². The first-order valence-electron chi connectivity index (χ1n) is 23.5. The SMILES string of the molecule is COc1ccc(C(OC[C@@H]2OC[C@H](n3cnc4c(nc(Br)n4[C@@H]4O[C@H](COP(=O)(Nc5ccccc5)Nc5ccccc5)[C@@H](OC(C)=O)[C@H]4OC(C)=O)c3=O)[C@@H]2OC(C)=O)(c2ccccc2)c2ccccc2)cc1. The van der Waals surface area contributed by atoms with Crippen LogP contribution in [0.15, 0.2) is 161 Å². The van der Waals surface area contributed by atoms with E-state index in [1.165, 1.54) is 36.2 Å². The van der Waals surface area contributed by atoms with E-state index in [0.717, 1.165) is 16.7 Å². The Bertz CT molecular complexity index is 3100. The number of esters is 3. The maximum atomic E-state index is 14.7. The molecule has 74 heavy (non-hydrogen) atoms. The third-order valence-electron chi connectivity index (χ3n) is 12.5. The molecule has 2 fully saturated rings. The van der Waals surface area contributed by atoms with Gasteiger partial charge in [0.25, 0.3) is 5.56 Å². The molecule has 2 saturated heterocycles. The molecule has 0 aliphatic carbocycles. The zero-order valence-corrected chi connectivity index (χ0v) is 43.0. The lowest BCUT2D eigenvalue weighted by Crippen LogP contribution is -2.42. The van der Waals surface area contributed by atoms with Crippen LogP contribution in [0.2, 0.25) is 0 Å². The number of benzene rings is 5. The molecule has 0 bridgehead atoms. The monoisotopic (exact) mass is 1090 g/mol. The van der Waals surface area contributed by atoms with Gasteiger partial charge in [-0.2, -0.15) is 0 Å². The van der Waals surface area contributed by atoms with Crippen molar-refractivity contribution in [3.63, 3.8) is 0 Å². The predicted molar refractivity (Wildman–Crippen MR) is 274 cm³/mol. The molecule has 2 aromatic heterocycles. The molecule has 9 rings (SSSR count). The van der Waals surface area contributed by atoms with Gasteiger partial charge in [0.2, 0.25) is 0 Å². The van der Waals surface area contributed by atoms with E-state index in [4.69, 9.17) is 37.7 Å². The minimum absolute atomic E-state index is 0.0107. The summed E-state index contributed by atoms with van der Waals surface area (Å²) >= 11 is 3.47. The highest BCUT2D eigenvalue weighted by Gasteiger charge is 2.52. The summed E-state index contributed by atoms with van der Waals surface area (Å²) in [7, 11) is -2.42. The van der Waals surface area contributed by atoms with Crippen molar-refractivity contribution in [3.8, 4) is 5.75 Å². The minimum Gasteiger partial charge on any atom is -0.497 e. The molecule has 4 heterocycles. The van der Waals surface area contributed by atoms with E-state index in [0.29, 0.717) is 17.1 Å². The quantitative estimate of drug-likeness (QED) is 0.0255. The molecule has 7 aromatic rings. The number of anilines is 2. The van der Waals surface area contributed by atoms with E-state index < -0.39 is 86.1 Å². The number of aromatic nitrogens is 4. The Kier molecular flexibility index (Phi) is 15.7. The maximum Gasteiger partial charge on any atom is 0.391 e. The largest absolute Gasteiger partial charge is 0.497 e. The molecule has 7 atom stereocenters. The normalized spacial score (nSPS) is 20.7. The van der Waals surface area contributed by atoms with Crippen LogP contribution in [0.5, 0.6) is 5.75 Å². The Morgan fingerprint density at radius 2 is 1.22 bits per heavy atom. The number of nitrogens with one attached hydrogen (secondary N) is 2. The molecule has 2 N–H and O–H groups in total. The number of carbonyl (C=O) groups is 3. The zero-order valence-electron chi connectivity index (χ0n) is 40.5. The van der Waals surface area contributed by atoms with Crippen LogP contribution in [-0.4, -0.2) is 94.5 Å². The second kappa shape index (κ2) is 22.5. The Morgan fingerprint density at radius 1 is 0.703 bits per heavy atom. The van der Waals surface area contributed by atoms with Crippen LogP contribution < -0.4 is 20.5 Å². The lowest BCUT2D eigenvalue weighted by atomic mass is 9.80. The van der Waals surface area contributed by atoms with Crippen LogP contribution >= 0.6 is 23.6 Å². The molecule has 0 saturated carbocycles. The van der Waals surface area contributed by atoms with Crippen molar-refractivity contribution in [2.75, 3.05) is 37.1 Å². The molecule has 0 spiro atoms. The van der Waals surface area contributed by atoms with E-state index >= 15 is 0 Å². The van der Waals surface area contributed by atoms with Gasteiger partial charge < -0.3 is 33.2 Å². The Labute approximate surface area is 433 Å². The van der Waals surface area contributed by atoms with Gasteiger partial charge in [0.15, 0.2) is 40.4 Å². The molecule has 19 nitrogen and oxygen atoms in total. The molecule has 21 heteroatoms. The number of rotatable bonds is 19. The number of hydrogen-bond donors (Lipinski definition) is 2. The number of halogens is 1. The van der Waals surface area contributed by atoms with Gasteiger partial charge in [-0.15, -0.1) is 0 Å². The average Bonchev–Trinajstić information content (AvgIpc) is 4.06. The van der Waals surface area contributed by atoms with Gasteiger partial charge >= 0.3 is 25.6 Å². The number of carbonyl (C=O) groups excluding carboxylic acids is 3. The highest BCUT2D eigenvalue weighted by atomic mass is 79.9. The molecule has 0 amide bonds. The van der Waals surface area contributed by atoms with E-state index in [9.17, 15) is 23.7 Å². The second-order valence-electron chi connectivity index (χ2n) is 17.4. The first-order valence-corrected chi connectivity index (χ1v) is 25.9. The van der Waals surface area contributed by atoms with Crippen molar-refractivity contribution in [1.29, 1.82) is 0 Å². The Balaban J connectivity index is 1.03. The number of methoxy groups -OCH3 is 1. The Morgan fingerprint density at radius 3 is 1.76 bits per heavy atom. The van der Waals surface area contributed by atoms with Crippen molar-refractivity contribution in [1.82, 2.24) is 19.1 Å². The van der Waals surface area contributed by atoms with Crippen LogP contribution in [0.3, 0.4) is 0 Å². The molecule has 384 valence electrons. The third kappa shape index (κ3) is 11.0. The summed E-state index contributed by atoms with van der Waals surface area (Å²) in [4.78, 5) is 62.3. The van der Waals surface area contributed by atoms with Gasteiger partial charge in [0.05, 0.1) is 26.9 Å². The fourth-order valence-corrected chi connectivity index (χ4v) is 11.3. The standard InChI is InChI=1S/C53H52BrN6O13P/c1-33(61)70-46-42(29-67-43(46)30-68-53(36-17-9-5-10-18-36,37-19-11-6-12-20-37)38-25-27-41(66-4)28-26-38)59-32-55-49-45(50(59)64)56-52(54)60(49)51-48(72-35(3)63)47(71-34(2)62)44(73-51)31-69-74(65,57-39-21-13-7-14-22-39)58-40-23-15-8-16-24-40/h5-28,32,42-44,46-48,51H,29-31H2,1-4H3,(H2,57,58,65)/t42-,43-,44+,46-,47+,48+,51+/m0/s1. The van der Waals surface area contributed by atoms with Gasteiger partial charge in [-0.05, 0) is 69.0 Å². The van der Waals surface area contributed by atoms with Crippen LogP contribution in [-0.2, 0) is 57.5 Å². The third-order valence-corrected chi connectivity index (χ3v) is 14.6. The van der Waals surface area contributed by atoms with Crippen LogP contribution in [0.1, 0.15) is 49.7 Å². The van der Waals surface area contributed by atoms with E-state index in [-0.39, 0.29) is 29.1 Å². The smallest absolute Gasteiger partial charge is 0.391 e. The molecular formula is C53H52BrN6O13P. The fourth-order valence-electron chi connectivity index (χ4n) is 9.27. The highest BCUT2D eigenvalue weighted by molar-refractivity contribution is 9.10. The van der Waals surface area contributed by atoms with E-state index in [2.05, 4.69) is 36.1 Å². The van der Waals surface area contributed by atoms with Gasteiger partial charge in [-0.3, -0.25) is 43.0 Å². The minimum atomic E-state index is -4.02. The lowest BCUT2D eigenvalue weighted by Gasteiger charge is -2.37. The summed E-state index contributed by atoms with van der Waals surface area (Å²) < 4.78 is 66.4. The first-order chi connectivity index (χ1) is 35.8. The van der Waals surface area contributed by atoms with Crippen LogP contribution in [0.25, 0.3) is 11.2 Å². The predicted octanol–water partition coefficient (Wildman–Crippen LogP) is 8.35. The van der Waals surface area contributed by atoms with Gasteiger partial charge in [0, 0.05) is 32.1 Å². The number of nitrogens with zero attached hydrogens (tertiary/aromatic N) is 4.